The Morgan fingerprint density at radius 2 is 1.74 bits per heavy atom. The van der Waals surface area contributed by atoms with Gasteiger partial charge in [0.2, 0.25) is 0 Å². The number of hydrogen-bond donors (Lipinski definition) is 2. The monoisotopic (exact) mass is 465 g/mol. The molecule has 2 aromatic rings. The largest absolute Gasteiger partial charge is 0.419 e. The fourth-order valence-corrected chi connectivity index (χ4v) is 3.99. The van der Waals surface area contributed by atoms with E-state index in [1.807, 2.05) is 0 Å². The summed E-state index contributed by atoms with van der Waals surface area (Å²) in [5.74, 6) is -3.90. The van der Waals surface area contributed by atoms with Crippen LogP contribution in [0.15, 0.2) is 36.4 Å². The fraction of sp³-hybridized carbons (Fsp3) is 0.381. The molecule has 1 unspecified atom stereocenters. The SMILES string of the molecule is O=C(NC(c1cccc(F)c1Cl)C1(O)CCC(F)CC1)c1cccc(C(F)(F)F)c1F. The number of rotatable bonds is 4. The van der Waals surface area contributed by atoms with Gasteiger partial charge in [-0.3, -0.25) is 4.79 Å². The van der Waals surface area contributed by atoms with E-state index in [1.165, 1.54) is 12.1 Å². The predicted octanol–water partition coefficient (Wildman–Crippen LogP) is 5.75. The maximum Gasteiger partial charge on any atom is 0.419 e. The van der Waals surface area contributed by atoms with E-state index in [-0.39, 0.29) is 31.2 Å². The molecule has 1 atom stereocenters. The van der Waals surface area contributed by atoms with E-state index in [9.17, 15) is 36.2 Å². The van der Waals surface area contributed by atoms with Crippen LogP contribution in [-0.2, 0) is 6.18 Å². The lowest BCUT2D eigenvalue weighted by atomic mass is 9.76. The molecule has 0 spiro atoms. The van der Waals surface area contributed by atoms with E-state index < -0.39 is 57.7 Å². The van der Waals surface area contributed by atoms with Crippen molar-refractivity contribution in [1.29, 1.82) is 0 Å². The molecule has 2 N–H and O–H groups in total. The first kappa shape index (κ1) is 23.4. The minimum absolute atomic E-state index is 0.0479. The maximum absolute atomic E-state index is 14.4. The standard InChI is InChI=1S/C21H18ClF6NO2/c22-16-12(3-2-6-15(16)24)18(20(31)9-7-11(23)8-10-20)29-19(30)13-4-1-5-14(17(13)25)21(26,27)28/h1-6,11,18,31H,7-10H2,(H,29,30). The van der Waals surface area contributed by atoms with Gasteiger partial charge in [-0.25, -0.2) is 13.2 Å². The molecule has 168 valence electrons. The first-order chi connectivity index (χ1) is 14.4. The van der Waals surface area contributed by atoms with Crippen molar-refractivity contribution in [3.63, 3.8) is 0 Å². The first-order valence-corrected chi connectivity index (χ1v) is 9.79. The van der Waals surface area contributed by atoms with Crippen LogP contribution in [0.4, 0.5) is 26.3 Å². The maximum atomic E-state index is 14.4. The minimum Gasteiger partial charge on any atom is -0.387 e. The van der Waals surface area contributed by atoms with Crippen LogP contribution in [0.3, 0.4) is 0 Å². The van der Waals surface area contributed by atoms with Gasteiger partial charge in [0.25, 0.3) is 5.91 Å². The summed E-state index contributed by atoms with van der Waals surface area (Å²) in [6, 6.07) is 4.43. The van der Waals surface area contributed by atoms with Crippen molar-refractivity contribution >= 4 is 17.5 Å². The van der Waals surface area contributed by atoms with Crippen molar-refractivity contribution in [3.8, 4) is 0 Å². The smallest absolute Gasteiger partial charge is 0.387 e. The number of amides is 1. The summed E-state index contributed by atoms with van der Waals surface area (Å²) in [7, 11) is 0. The normalized spacial score (nSPS) is 22.8. The summed E-state index contributed by atoms with van der Waals surface area (Å²) in [6.45, 7) is 0. The van der Waals surface area contributed by atoms with Gasteiger partial charge in [-0.05, 0) is 49.4 Å². The molecule has 0 aromatic heterocycles. The number of carbonyl (C=O) groups is 1. The molecular formula is C21H18ClF6NO2. The quantitative estimate of drug-likeness (QED) is 0.565. The number of nitrogens with one attached hydrogen (secondary N) is 1. The van der Waals surface area contributed by atoms with Crippen molar-refractivity contribution in [2.24, 2.45) is 0 Å². The van der Waals surface area contributed by atoms with Crippen LogP contribution >= 0.6 is 11.6 Å². The Morgan fingerprint density at radius 1 is 1.13 bits per heavy atom. The zero-order chi connectivity index (χ0) is 23.0. The predicted molar refractivity (Wildman–Crippen MR) is 101 cm³/mol. The zero-order valence-corrected chi connectivity index (χ0v) is 16.7. The third-order valence-corrected chi connectivity index (χ3v) is 5.83. The highest BCUT2D eigenvalue weighted by atomic mass is 35.5. The van der Waals surface area contributed by atoms with Crippen LogP contribution in [0.25, 0.3) is 0 Å². The lowest BCUT2D eigenvalue weighted by molar-refractivity contribution is -0.140. The number of hydrogen-bond acceptors (Lipinski definition) is 2. The van der Waals surface area contributed by atoms with Gasteiger partial charge in [0.1, 0.15) is 17.8 Å². The Labute approximate surface area is 179 Å². The summed E-state index contributed by atoms with van der Waals surface area (Å²) in [5, 5.41) is 13.0. The molecule has 3 nitrogen and oxygen atoms in total. The van der Waals surface area contributed by atoms with Crippen molar-refractivity contribution in [1.82, 2.24) is 5.32 Å². The van der Waals surface area contributed by atoms with Crippen molar-refractivity contribution in [2.45, 2.75) is 49.7 Å². The van der Waals surface area contributed by atoms with Crippen LogP contribution in [0, 0.1) is 11.6 Å². The lowest BCUT2D eigenvalue weighted by Gasteiger charge is -2.41. The minimum atomic E-state index is -5.02. The molecule has 0 heterocycles. The molecule has 0 aliphatic heterocycles. The zero-order valence-electron chi connectivity index (χ0n) is 15.9. The van der Waals surface area contributed by atoms with Crippen molar-refractivity contribution in [3.05, 3.63) is 69.7 Å². The van der Waals surface area contributed by atoms with Gasteiger partial charge in [-0.2, -0.15) is 13.2 Å². The summed E-state index contributed by atoms with van der Waals surface area (Å²) in [6.07, 6.45) is -6.56. The number of aliphatic hydroxyl groups is 1. The highest BCUT2D eigenvalue weighted by molar-refractivity contribution is 6.31. The Kier molecular flexibility index (Phi) is 6.57. The van der Waals surface area contributed by atoms with Gasteiger partial charge in [-0.1, -0.05) is 29.8 Å². The third kappa shape index (κ3) is 4.82. The van der Waals surface area contributed by atoms with Crippen LogP contribution in [-0.4, -0.2) is 22.8 Å². The summed E-state index contributed by atoms with van der Waals surface area (Å²) >= 11 is 6.01. The van der Waals surface area contributed by atoms with Crippen LogP contribution in [0.1, 0.15) is 53.2 Å². The van der Waals surface area contributed by atoms with Gasteiger partial charge < -0.3 is 10.4 Å². The first-order valence-electron chi connectivity index (χ1n) is 9.41. The molecule has 0 saturated heterocycles. The second-order valence-corrected chi connectivity index (χ2v) is 7.87. The molecule has 1 saturated carbocycles. The average Bonchev–Trinajstić information content (AvgIpc) is 2.70. The van der Waals surface area contributed by atoms with Gasteiger partial charge in [-0.15, -0.1) is 0 Å². The third-order valence-electron chi connectivity index (χ3n) is 5.43. The van der Waals surface area contributed by atoms with Gasteiger partial charge in [0.15, 0.2) is 0 Å². The molecule has 31 heavy (non-hydrogen) atoms. The van der Waals surface area contributed by atoms with E-state index >= 15 is 0 Å². The van der Waals surface area contributed by atoms with Crippen molar-refractivity contribution < 1.29 is 36.2 Å². The van der Waals surface area contributed by atoms with E-state index in [0.717, 1.165) is 18.2 Å². The number of alkyl halides is 4. The summed E-state index contributed by atoms with van der Waals surface area (Å²) in [4.78, 5) is 12.7. The van der Waals surface area contributed by atoms with E-state index in [4.69, 9.17) is 11.6 Å². The lowest BCUT2D eigenvalue weighted by Crippen LogP contribution is -2.49. The topological polar surface area (TPSA) is 49.3 Å². The number of halogens is 7. The van der Waals surface area contributed by atoms with Crippen LogP contribution in [0.2, 0.25) is 5.02 Å². The Morgan fingerprint density at radius 3 is 2.35 bits per heavy atom. The Bertz CT molecular complexity index is 973. The molecule has 1 aliphatic carbocycles. The molecule has 10 heteroatoms. The number of carbonyl (C=O) groups excluding carboxylic acids is 1. The fourth-order valence-electron chi connectivity index (χ4n) is 3.75. The number of benzene rings is 2. The Balaban J connectivity index is 2.02. The van der Waals surface area contributed by atoms with E-state index in [2.05, 4.69) is 5.32 Å². The average molecular weight is 466 g/mol. The molecule has 3 rings (SSSR count). The van der Waals surface area contributed by atoms with Gasteiger partial charge in [0, 0.05) is 0 Å². The molecule has 1 amide bonds. The van der Waals surface area contributed by atoms with Gasteiger partial charge >= 0.3 is 6.18 Å². The molecule has 1 fully saturated rings. The van der Waals surface area contributed by atoms with Crippen LogP contribution in [0.5, 0.6) is 0 Å². The highest BCUT2D eigenvalue weighted by Crippen LogP contribution is 2.42. The Hall–Kier alpha value is -2.26. The van der Waals surface area contributed by atoms with E-state index in [1.54, 1.807) is 0 Å². The summed E-state index contributed by atoms with van der Waals surface area (Å²) in [5.41, 5.74) is -4.36. The highest BCUT2D eigenvalue weighted by Gasteiger charge is 2.44. The van der Waals surface area contributed by atoms with Crippen LogP contribution < -0.4 is 5.32 Å². The molecule has 2 aromatic carbocycles. The summed E-state index contributed by atoms with van der Waals surface area (Å²) < 4.78 is 81.1. The van der Waals surface area contributed by atoms with E-state index in [0.29, 0.717) is 6.07 Å². The molecule has 1 aliphatic rings. The second-order valence-electron chi connectivity index (χ2n) is 7.49. The van der Waals surface area contributed by atoms with Crippen molar-refractivity contribution in [2.75, 3.05) is 0 Å². The van der Waals surface area contributed by atoms with Gasteiger partial charge in [0.05, 0.1) is 27.8 Å². The molecule has 0 radical (unpaired) electrons. The second kappa shape index (κ2) is 8.70. The molecule has 0 bridgehead atoms. The molecular weight excluding hydrogens is 448 g/mol.